The Kier molecular flexibility index (Phi) is 3.23. The van der Waals surface area contributed by atoms with E-state index >= 15 is 0 Å². The number of halogens is 3. The number of aliphatic hydroxyl groups is 1. The lowest BCUT2D eigenvalue weighted by atomic mass is 10.1. The van der Waals surface area contributed by atoms with E-state index in [-0.39, 0.29) is 5.56 Å². The lowest BCUT2D eigenvalue weighted by Gasteiger charge is -2.09. The molecule has 0 saturated carbocycles. The monoisotopic (exact) mass is 260 g/mol. The second-order valence-corrected chi connectivity index (χ2v) is 4.96. The van der Waals surface area contributed by atoms with Crippen LogP contribution < -0.4 is 0 Å². The maximum absolute atomic E-state index is 13.4. The average Bonchev–Trinajstić information content (AvgIpc) is 2.64. The van der Waals surface area contributed by atoms with Crippen LogP contribution in [0, 0.1) is 11.6 Å². The van der Waals surface area contributed by atoms with E-state index < -0.39 is 17.7 Å². The van der Waals surface area contributed by atoms with Crippen LogP contribution in [0.25, 0.3) is 0 Å². The van der Waals surface area contributed by atoms with Crippen LogP contribution in [0.3, 0.4) is 0 Å². The Bertz CT molecular complexity index is 512. The van der Waals surface area contributed by atoms with Crippen LogP contribution in [0.4, 0.5) is 8.78 Å². The summed E-state index contributed by atoms with van der Waals surface area (Å²) in [7, 11) is 0. The Labute approximate surface area is 99.9 Å². The summed E-state index contributed by atoms with van der Waals surface area (Å²) in [6.45, 7) is 0. The van der Waals surface area contributed by atoms with E-state index in [2.05, 4.69) is 0 Å². The fourth-order valence-corrected chi connectivity index (χ4v) is 2.42. The molecular weight excluding hydrogens is 254 g/mol. The molecule has 2 rings (SSSR count). The highest BCUT2D eigenvalue weighted by atomic mass is 35.5. The van der Waals surface area contributed by atoms with Crippen LogP contribution in [0.15, 0.2) is 30.3 Å². The van der Waals surface area contributed by atoms with Crippen molar-refractivity contribution >= 4 is 22.9 Å². The van der Waals surface area contributed by atoms with Crippen LogP contribution in [0.1, 0.15) is 16.5 Å². The van der Waals surface area contributed by atoms with Gasteiger partial charge in [0.15, 0.2) is 0 Å². The summed E-state index contributed by atoms with van der Waals surface area (Å²) < 4.78 is 26.6. The van der Waals surface area contributed by atoms with Gasteiger partial charge in [0.2, 0.25) is 0 Å². The van der Waals surface area contributed by atoms with Gasteiger partial charge in [-0.3, -0.25) is 0 Å². The number of thiophene rings is 1. The third-order valence-electron chi connectivity index (χ3n) is 2.12. The number of benzene rings is 1. The number of rotatable bonds is 2. The minimum atomic E-state index is -1.11. The SMILES string of the molecule is OC(c1ccc(Cl)s1)c1ccc(F)cc1F. The van der Waals surface area contributed by atoms with Crippen molar-refractivity contribution in [2.45, 2.75) is 6.10 Å². The highest BCUT2D eigenvalue weighted by Gasteiger charge is 2.17. The summed E-state index contributed by atoms with van der Waals surface area (Å²) in [5.74, 6) is -1.44. The minimum absolute atomic E-state index is 0.0416. The number of hydrogen-bond acceptors (Lipinski definition) is 2. The highest BCUT2D eigenvalue weighted by Crippen LogP contribution is 2.32. The Morgan fingerprint density at radius 1 is 1.19 bits per heavy atom. The zero-order chi connectivity index (χ0) is 11.7. The van der Waals surface area contributed by atoms with Crippen molar-refractivity contribution in [2.24, 2.45) is 0 Å². The van der Waals surface area contributed by atoms with E-state index in [9.17, 15) is 13.9 Å². The van der Waals surface area contributed by atoms with E-state index in [4.69, 9.17) is 11.6 Å². The molecule has 0 amide bonds. The fourth-order valence-electron chi connectivity index (χ4n) is 1.35. The largest absolute Gasteiger partial charge is 0.383 e. The molecule has 0 radical (unpaired) electrons. The minimum Gasteiger partial charge on any atom is -0.383 e. The quantitative estimate of drug-likeness (QED) is 0.872. The van der Waals surface area contributed by atoms with Crippen molar-refractivity contribution in [3.8, 4) is 0 Å². The second-order valence-electron chi connectivity index (χ2n) is 3.21. The van der Waals surface area contributed by atoms with Gasteiger partial charge in [0.1, 0.15) is 17.7 Å². The lowest BCUT2D eigenvalue weighted by Crippen LogP contribution is -2.00. The molecule has 84 valence electrons. The molecule has 5 heteroatoms. The van der Waals surface area contributed by atoms with Crippen molar-refractivity contribution in [3.05, 3.63) is 56.7 Å². The maximum Gasteiger partial charge on any atom is 0.132 e. The van der Waals surface area contributed by atoms with Crippen LogP contribution in [0.2, 0.25) is 4.34 Å². The standard InChI is InChI=1S/C11H7ClF2OS/c12-10-4-3-9(16-10)11(15)7-2-1-6(13)5-8(7)14/h1-5,11,15H. The number of hydrogen-bond donors (Lipinski definition) is 1. The third-order valence-corrected chi connectivity index (χ3v) is 3.40. The molecule has 0 saturated heterocycles. The molecular formula is C11H7ClF2OS. The van der Waals surface area contributed by atoms with E-state index in [1.54, 1.807) is 12.1 Å². The topological polar surface area (TPSA) is 20.2 Å². The molecule has 1 heterocycles. The Morgan fingerprint density at radius 2 is 1.94 bits per heavy atom. The van der Waals surface area contributed by atoms with Gasteiger partial charge in [-0.2, -0.15) is 0 Å². The van der Waals surface area contributed by atoms with Gasteiger partial charge < -0.3 is 5.11 Å². The first-order valence-electron chi connectivity index (χ1n) is 4.46. The van der Waals surface area contributed by atoms with Gasteiger partial charge >= 0.3 is 0 Å². The first kappa shape index (κ1) is 11.5. The van der Waals surface area contributed by atoms with E-state index in [1.165, 1.54) is 6.07 Å². The van der Waals surface area contributed by atoms with Crippen molar-refractivity contribution in [1.29, 1.82) is 0 Å². The second kappa shape index (κ2) is 4.49. The van der Waals surface area contributed by atoms with Crippen molar-refractivity contribution in [2.75, 3.05) is 0 Å². The first-order valence-corrected chi connectivity index (χ1v) is 5.65. The Balaban J connectivity index is 2.37. The summed E-state index contributed by atoms with van der Waals surface area (Å²) in [6.07, 6.45) is -1.11. The molecule has 1 N–H and O–H groups in total. The van der Waals surface area contributed by atoms with Crippen LogP contribution in [-0.2, 0) is 0 Å². The first-order chi connectivity index (χ1) is 7.58. The van der Waals surface area contributed by atoms with Crippen LogP contribution >= 0.6 is 22.9 Å². The summed E-state index contributed by atoms with van der Waals surface area (Å²) in [5.41, 5.74) is 0.0416. The van der Waals surface area contributed by atoms with Crippen LogP contribution in [-0.4, -0.2) is 5.11 Å². The smallest absolute Gasteiger partial charge is 0.132 e. The van der Waals surface area contributed by atoms with E-state index in [0.717, 1.165) is 23.5 Å². The molecule has 1 aromatic carbocycles. The molecule has 0 aliphatic carbocycles. The van der Waals surface area contributed by atoms with E-state index in [1.807, 2.05) is 0 Å². The molecule has 0 bridgehead atoms. The van der Waals surface area contributed by atoms with Gasteiger partial charge in [0.25, 0.3) is 0 Å². The maximum atomic E-state index is 13.4. The zero-order valence-corrected chi connectivity index (χ0v) is 9.53. The average molecular weight is 261 g/mol. The van der Waals surface area contributed by atoms with Crippen LogP contribution in [0.5, 0.6) is 0 Å². The van der Waals surface area contributed by atoms with Gasteiger partial charge in [0, 0.05) is 16.5 Å². The zero-order valence-electron chi connectivity index (χ0n) is 7.95. The fraction of sp³-hybridized carbons (Fsp3) is 0.0909. The molecule has 1 aromatic heterocycles. The van der Waals surface area contributed by atoms with Gasteiger partial charge in [-0.15, -0.1) is 11.3 Å². The lowest BCUT2D eigenvalue weighted by molar-refractivity contribution is 0.218. The molecule has 1 nitrogen and oxygen atoms in total. The van der Waals surface area contributed by atoms with Gasteiger partial charge in [-0.05, 0) is 18.2 Å². The molecule has 1 unspecified atom stereocenters. The summed E-state index contributed by atoms with van der Waals surface area (Å²) in [6, 6.07) is 6.31. The highest BCUT2D eigenvalue weighted by molar-refractivity contribution is 7.16. The van der Waals surface area contributed by atoms with Crippen molar-refractivity contribution in [3.63, 3.8) is 0 Å². The van der Waals surface area contributed by atoms with Crippen molar-refractivity contribution < 1.29 is 13.9 Å². The van der Waals surface area contributed by atoms with E-state index in [0.29, 0.717) is 9.21 Å². The molecule has 1 atom stereocenters. The van der Waals surface area contributed by atoms with Gasteiger partial charge in [-0.1, -0.05) is 17.7 Å². The number of aliphatic hydroxyl groups excluding tert-OH is 1. The Hall–Kier alpha value is -0.970. The predicted octanol–water partition coefficient (Wildman–Crippen LogP) is 3.76. The van der Waals surface area contributed by atoms with Gasteiger partial charge in [0.05, 0.1) is 4.34 Å². The normalized spacial score (nSPS) is 12.8. The molecule has 0 fully saturated rings. The molecule has 0 aliphatic rings. The van der Waals surface area contributed by atoms with Crippen molar-refractivity contribution in [1.82, 2.24) is 0 Å². The molecule has 0 aliphatic heterocycles. The molecule has 0 spiro atoms. The summed E-state index contributed by atoms with van der Waals surface area (Å²) in [4.78, 5) is 0.524. The Morgan fingerprint density at radius 3 is 2.50 bits per heavy atom. The van der Waals surface area contributed by atoms with Gasteiger partial charge in [-0.25, -0.2) is 8.78 Å². The summed E-state index contributed by atoms with van der Waals surface area (Å²) >= 11 is 6.87. The summed E-state index contributed by atoms with van der Waals surface area (Å²) in [5, 5.41) is 9.87. The predicted molar refractivity (Wildman–Crippen MR) is 59.7 cm³/mol. The molecule has 2 aromatic rings. The molecule has 16 heavy (non-hydrogen) atoms. The third kappa shape index (κ3) is 2.24.